The summed E-state index contributed by atoms with van der Waals surface area (Å²) in [4.78, 5) is 23.6. The van der Waals surface area contributed by atoms with Gasteiger partial charge in [0.25, 0.3) is 0 Å². The highest BCUT2D eigenvalue weighted by atomic mass is 35.5. The van der Waals surface area contributed by atoms with Crippen molar-refractivity contribution in [3.8, 4) is 11.4 Å². The number of nitrogens with zero attached hydrogens (tertiary/aromatic N) is 4. The first-order valence-electron chi connectivity index (χ1n) is 8.15. The maximum Gasteiger partial charge on any atom is 0.242 e. The minimum Gasteiger partial charge on any atom is -0.378 e. The van der Waals surface area contributed by atoms with Gasteiger partial charge >= 0.3 is 0 Å². The predicted octanol–water partition coefficient (Wildman–Crippen LogP) is 2.61. The number of hydrogen-bond acceptors (Lipinski definition) is 4. The third-order valence-electron chi connectivity index (χ3n) is 4.26. The minimum atomic E-state index is 0.0449. The number of rotatable bonds is 3. The van der Waals surface area contributed by atoms with Crippen LogP contribution in [0.3, 0.4) is 0 Å². The highest BCUT2D eigenvalue weighted by Crippen LogP contribution is 2.25. The molecular weight excluding hydrogens is 340 g/mol. The third kappa shape index (κ3) is 3.23. The van der Waals surface area contributed by atoms with Crippen LogP contribution in [-0.4, -0.2) is 51.6 Å². The van der Waals surface area contributed by atoms with E-state index in [1.54, 1.807) is 6.20 Å². The summed E-state index contributed by atoms with van der Waals surface area (Å²) in [7, 11) is 0. The van der Waals surface area contributed by atoms with Gasteiger partial charge in [-0.1, -0.05) is 11.6 Å². The molecule has 3 aromatic rings. The van der Waals surface area contributed by atoms with Crippen molar-refractivity contribution in [2.45, 2.75) is 6.54 Å². The van der Waals surface area contributed by atoms with Gasteiger partial charge in [0.05, 0.1) is 13.2 Å². The van der Waals surface area contributed by atoms with Crippen LogP contribution in [0.1, 0.15) is 0 Å². The molecule has 128 valence electrons. The molecule has 1 fully saturated rings. The van der Waals surface area contributed by atoms with E-state index >= 15 is 0 Å². The second-order valence-corrected chi connectivity index (χ2v) is 6.30. The predicted molar refractivity (Wildman–Crippen MR) is 95.4 cm³/mol. The van der Waals surface area contributed by atoms with Gasteiger partial charge in [-0.05, 0) is 36.4 Å². The van der Waals surface area contributed by atoms with Gasteiger partial charge in [-0.25, -0.2) is 9.97 Å². The van der Waals surface area contributed by atoms with E-state index in [1.165, 1.54) is 0 Å². The summed E-state index contributed by atoms with van der Waals surface area (Å²) in [5.41, 5.74) is 2.37. The maximum absolute atomic E-state index is 12.7. The Hall–Kier alpha value is -2.44. The maximum atomic E-state index is 12.7. The molecule has 7 heteroatoms. The number of carbonyl (C=O) groups excluding carboxylic acids is 1. The molecule has 0 spiro atoms. The van der Waals surface area contributed by atoms with E-state index in [0.717, 1.165) is 11.1 Å². The molecule has 6 nitrogen and oxygen atoms in total. The standard InChI is InChI=1S/C18H17ClN4O2/c19-14-5-3-13(4-6-14)17-21-15-2-1-7-20-18(15)23(17)12-16(24)22-8-10-25-11-9-22/h1-7H,8-12H2. The SMILES string of the molecule is O=C(Cn1c(-c2ccc(Cl)cc2)nc2cccnc21)N1CCOCC1. The number of imidazole rings is 1. The largest absolute Gasteiger partial charge is 0.378 e. The molecule has 1 aliphatic heterocycles. The van der Waals surface area contributed by atoms with E-state index in [0.29, 0.717) is 42.8 Å². The van der Waals surface area contributed by atoms with E-state index in [-0.39, 0.29) is 12.5 Å². The number of fused-ring (bicyclic) bond motifs is 1. The minimum absolute atomic E-state index is 0.0449. The van der Waals surface area contributed by atoms with Crippen molar-refractivity contribution >= 4 is 28.7 Å². The fourth-order valence-electron chi connectivity index (χ4n) is 2.98. The normalized spacial score (nSPS) is 14.8. The molecule has 0 unspecified atom stereocenters. The molecule has 0 bridgehead atoms. The van der Waals surface area contributed by atoms with Crippen LogP contribution in [0.25, 0.3) is 22.6 Å². The first-order chi connectivity index (χ1) is 12.2. The lowest BCUT2D eigenvalue weighted by molar-refractivity contribution is -0.135. The second-order valence-electron chi connectivity index (χ2n) is 5.87. The second kappa shape index (κ2) is 6.82. The van der Waals surface area contributed by atoms with Crippen LogP contribution < -0.4 is 0 Å². The van der Waals surface area contributed by atoms with Gasteiger partial charge in [-0.15, -0.1) is 0 Å². The van der Waals surface area contributed by atoms with Gasteiger partial charge in [0.15, 0.2) is 5.65 Å². The molecule has 0 radical (unpaired) electrons. The lowest BCUT2D eigenvalue weighted by Crippen LogP contribution is -2.42. The molecule has 4 rings (SSSR count). The smallest absolute Gasteiger partial charge is 0.242 e. The van der Waals surface area contributed by atoms with Gasteiger partial charge in [-0.3, -0.25) is 9.36 Å². The Kier molecular flexibility index (Phi) is 4.38. The fraction of sp³-hybridized carbons (Fsp3) is 0.278. The summed E-state index contributed by atoms with van der Waals surface area (Å²) in [6, 6.07) is 11.2. The van der Waals surface area contributed by atoms with Gasteiger partial charge in [0, 0.05) is 29.9 Å². The van der Waals surface area contributed by atoms with E-state index in [4.69, 9.17) is 16.3 Å². The van der Waals surface area contributed by atoms with Crippen molar-refractivity contribution in [2.75, 3.05) is 26.3 Å². The lowest BCUT2D eigenvalue weighted by atomic mass is 10.2. The van der Waals surface area contributed by atoms with Crippen LogP contribution in [0.4, 0.5) is 0 Å². The summed E-state index contributed by atoms with van der Waals surface area (Å²) in [6.45, 7) is 2.60. The Morgan fingerprint density at radius 1 is 1.16 bits per heavy atom. The summed E-state index contributed by atoms with van der Waals surface area (Å²) < 4.78 is 7.19. The van der Waals surface area contributed by atoms with Gasteiger partial charge in [0.2, 0.25) is 5.91 Å². The van der Waals surface area contributed by atoms with Crippen LogP contribution >= 0.6 is 11.6 Å². The number of hydrogen-bond donors (Lipinski definition) is 0. The highest BCUT2D eigenvalue weighted by Gasteiger charge is 2.21. The number of aromatic nitrogens is 3. The van der Waals surface area contributed by atoms with Crippen molar-refractivity contribution in [1.29, 1.82) is 0 Å². The Labute approximate surface area is 150 Å². The topological polar surface area (TPSA) is 60.2 Å². The first-order valence-corrected chi connectivity index (χ1v) is 8.53. The summed E-state index contributed by atoms with van der Waals surface area (Å²) in [5, 5.41) is 0.661. The highest BCUT2D eigenvalue weighted by molar-refractivity contribution is 6.30. The molecular formula is C18H17ClN4O2. The van der Waals surface area contributed by atoms with Crippen LogP contribution in [0.15, 0.2) is 42.6 Å². The number of benzene rings is 1. The quantitative estimate of drug-likeness (QED) is 0.723. The van der Waals surface area contributed by atoms with Gasteiger partial charge in [0.1, 0.15) is 17.9 Å². The molecule has 3 heterocycles. The van der Waals surface area contributed by atoms with Gasteiger partial charge in [-0.2, -0.15) is 0 Å². The van der Waals surface area contributed by atoms with Crippen LogP contribution in [0.5, 0.6) is 0 Å². The first kappa shape index (κ1) is 16.1. The van der Waals surface area contributed by atoms with Crippen LogP contribution in [-0.2, 0) is 16.1 Å². The number of ether oxygens (including phenoxy) is 1. The molecule has 1 saturated heterocycles. The van der Waals surface area contributed by atoms with Crippen molar-refractivity contribution < 1.29 is 9.53 Å². The number of pyridine rings is 1. The molecule has 0 saturated carbocycles. The number of amides is 1. The average Bonchev–Trinajstić information content (AvgIpc) is 3.02. The van der Waals surface area contributed by atoms with E-state index < -0.39 is 0 Å². The van der Waals surface area contributed by atoms with E-state index in [9.17, 15) is 4.79 Å². The zero-order chi connectivity index (χ0) is 17.2. The molecule has 0 atom stereocenters. The molecule has 1 amide bonds. The van der Waals surface area contributed by atoms with Crippen molar-refractivity contribution in [3.05, 3.63) is 47.6 Å². The fourth-order valence-corrected chi connectivity index (χ4v) is 3.10. The molecule has 25 heavy (non-hydrogen) atoms. The summed E-state index contributed by atoms with van der Waals surface area (Å²) in [5.74, 6) is 0.760. The Balaban J connectivity index is 1.74. The van der Waals surface area contributed by atoms with Gasteiger partial charge < -0.3 is 9.64 Å². The zero-order valence-electron chi connectivity index (χ0n) is 13.6. The monoisotopic (exact) mass is 356 g/mol. The summed E-state index contributed by atoms with van der Waals surface area (Å²) in [6.07, 6.45) is 1.71. The Morgan fingerprint density at radius 3 is 2.68 bits per heavy atom. The lowest BCUT2D eigenvalue weighted by Gasteiger charge is -2.27. The molecule has 1 aromatic carbocycles. The van der Waals surface area contributed by atoms with Crippen molar-refractivity contribution in [2.24, 2.45) is 0 Å². The Bertz CT molecular complexity index is 901. The van der Waals surface area contributed by atoms with Crippen LogP contribution in [0.2, 0.25) is 5.02 Å². The average molecular weight is 357 g/mol. The molecule has 0 N–H and O–H groups in total. The van der Waals surface area contributed by atoms with Crippen molar-refractivity contribution in [3.63, 3.8) is 0 Å². The van der Waals surface area contributed by atoms with E-state index in [1.807, 2.05) is 45.9 Å². The number of halogens is 1. The number of morpholine rings is 1. The molecule has 0 aliphatic carbocycles. The van der Waals surface area contributed by atoms with Crippen molar-refractivity contribution in [1.82, 2.24) is 19.4 Å². The summed E-state index contributed by atoms with van der Waals surface area (Å²) >= 11 is 5.99. The third-order valence-corrected chi connectivity index (χ3v) is 4.52. The molecule has 1 aliphatic rings. The van der Waals surface area contributed by atoms with E-state index in [2.05, 4.69) is 9.97 Å². The Morgan fingerprint density at radius 2 is 1.92 bits per heavy atom. The number of carbonyl (C=O) groups is 1. The van der Waals surface area contributed by atoms with Crippen LogP contribution in [0, 0.1) is 0 Å². The zero-order valence-corrected chi connectivity index (χ0v) is 14.3. The molecule has 2 aromatic heterocycles.